The normalized spacial score (nSPS) is 19.7. The van der Waals surface area contributed by atoms with E-state index in [4.69, 9.17) is 4.52 Å². The van der Waals surface area contributed by atoms with Gasteiger partial charge in [-0.25, -0.2) is 0 Å². The Morgan fingerprint density at radius 2 is 2.18 bits per heavy atom. The lowest BCUT2D eigenvalue weighted by atomic mass is 10.0. The first-order chi connectivity index (χ1) is 13.4. The minimum absolute atomic E-state index is 0.0365. The summed E-state index contributed by atoms with van der Waals surface area (Å²) < 4.78 is 5.28. The van der Waals surface area contributed by atoms with Crippen LogP contribution in [0.1, 0.15) is 51.2 Å². The highest BCUT2D eigenvalue weighted by Gasteiger charge is 2.31. The molecule has 0 radical (unpaired) electrons. The fourth-order valence-corrected chi connectivity index (χ4v) is 5.28. The van der Waals surface area contributed by atoms with Crippen LogP contribution in [0, 0.1) is 13.8 Å². The average molecular weight is 403 g/mol. The van der Waals surface area contributed by atoms with Gasteiger partial charge in [0.2, 0.25) is 5.91 Å². The lowest BCUT2D eigenvalue weighted by Crippen LogP contribution is -2.37. The molecule has 0 bridgehead atoms. The summed E-state index contributed by atoms with van der Waals surface area (Å²) in [5, 5.41) is 8.98. The fourth-order valence-electron chi connectivity index (χ4n) is 4.17. The Kier molecular flexibility index (Phi) is 5.25. The van der Waals surface area contributed by atoms with Crippen LogP contribution in [-0.2, 0) is 24.3 Å². The average Bonchev–Trinajstić information content (AvgIpc) is 3.36. The Bertz CT molecular complexity index is 884. The molecule has 4 heterocycles. The zero-order valence-electron chi connectivity index (χ0n) is 16.6. The van der Waals surface area contributed by atoms with Gasteiger partial charge in [0.05, 0.1) is 11.3 Å². The van der Waals surface area contributed by atoms with E-state index in [9.17, 15) is 9.59 Å². The van der Waals surface area contributed by atoms with E-state index < -0.39 is 0 Å². The number of rotatable bonds is 4. The topological polar surface area (TPSA) is 78.7 Å². The Morgan fingerprint density at radius 1 is 1.36 bits per heavy atom. The number of carbonyl (C=O) groups excluding carboxylic acids is 2. The smallest absolute Gasteiger partial charge is 0.255 e. The van der Waals surface area contributed by atoms with E-state index in [2.05, 4.69) is 15.4 Å². The largest absolute Gasteiger partial charge is 0.361 e. The van der Waals surface area contributed by atoms with Crippen molar-refractivity contribution in [1.29, 1.82) is 0 Å². The molecule has 1 saturated heterocycles. The van der Waals surface area contributed by atoms with Gasteiger partial charge in [-0.1, -0.05) is 5.16 Å². The molecule has 2 aliphatic rings. The minimum Gasteiger partial charge on any atom is -0.361 e. The van der Waals surface area contributed by atoms with Crippen molar-refractivity contribution in [3.05, 3.63) is 38.4 Å². The molecule has 7 nitrogen and oxygen atoms in total. The van der Waals surface area contributed by atoms with Gasteiger partial charge in [0.1, 0.15) is 5.76 Å². The summed E-state index contributed by atoms with van der Waals surface area (Å²) in [6, 6.07) is 0.0708. The van der Waals surface area contributed by atoms with Crippen LogP contribution in [0.4, 0.5) is 0 Å². The summed E-state index contributed by atoms with van der Waals surface area (Å²) in [6.45, 7) is 9.35. The van der Waals surface area contributed by atoms with Gasteiger partial charge >= 0.3 is 0 Å². The molecular weight excluding hydrogens is 376 g/mol. The Morgan fingerprint density at radius 3 is 2.89 bits per heavy atom. The van der Waals surface area contributed by atoms with Gasteiger partial charge in [-0.05, 0) is 32.3 Å². The molecule has 0 unspecified atom stereocenters. The summed E-state index contributed by atoms with van der Waals surface area (Å²) in [5.74, 6) is 0.947. The van der Waals surface area contributed by atoms with E-state index >= 15 is 0 Å². The van der Waals surface area contributed by atoms with E-state index in [1.54, 1.807) is 11.3 Å². The predicted molar refractivity (Wildman–Crippen MR) is 106 cm³/mol. The molecule has 8 heteroatoms. The van der Waals surface area contributed by atoms with Gasteiger partial charge in [-0.2, -0.15) is 0 Å². The number of amides is 2. The molecule has 2 aromatic rings. The van der Waals surface area contributed by atoms with Crippen LogP contribution in [0.25, 0.3) is 0 Å². The third-order valence-corrected chi connectivity index (χ3v) is 6.72. The monoisotopic (exact) mass is 402 g/mol. The molecule has 0 saturated carbocycles. The number of thiophene rings is 1. The number of nitrogens with zero attached hydrogens (tertiary/aromatic N) is 3. The van der Waals surface area contributed by atoms with Crippen molar-refractivity contribution in [3.63, 3.8) is 0 Å². The summed E-state index contributed by atoms with van der Waals surface area (Å²) in [5.41, 5.74) is 4.17. The minimum atomic E-state index is -0.0365. The highest BCUT2D eigenvalue weighted by atomic mass is 32.1. The number of aryl methyl sites for hydroxylation is 2. The van der Waals surface area contributed by atoms with E-state index in [0.29, 0.717) is 13.1 Å². The van der Waals surface area contributed by atoms with Crippen LogP contribution >= 0.6 is 11.3 Å². The first-order valence-corrected chi connectivity index (χ1v) is 10.6. The van der Waals surface area contributed by atoms with Crippen molar-refractivity contribution in [2.24, 2.45) is 0 Å². The number of likely N-dealkylation sites (tertiary alicyclic amines) is 1. The van der Waals surface area contributed by atoms with Gasteiger partial charge in [-0.3, -0.25) is 14.5 Å². The molecule has 0 aliphatic carbocycles. The van der Waals surface area contributed by atoms with Crippen molar-refractivity contribution < 1.29 is 14.1 Å². The second kappa shape index (κ2) is 7.67. The molecule has 28 heavy (non-hydrogen) atoms. The lowest BCUT2D eigenvalue weighted by Gasteiger charge is -2.27. The molecule has 1 fully saturated rings. The van der Waals surface area contributed by atoms with Crippen LogP contribution in [0.15, 0.2) is 9.90 Å². The molecule has 1 atom stereocenters. The van der Waals surface area contributed by atoms with Crippen molar-refractivity contribution >= 4 is 23.2 Å². The molecular formula is C20H26N4O3S. The standard InChI is InChI=1S/C20H26N4O3S/c1-12-17(13(2)27-22-12)9-23-6-5-16-18(11-28-19(16)10-23)20(26)24-7-4-15(8-24)21-14(3)25/h11,15H,4-10H2,1-3H3,(H,21,25)/t15-/m0/s1. The molecule has 2 aromatic heterocycles. The Labute approximate surface area is 168 Å². The van der Waals surface area contributed by atoms with E-state index in [1.165, 1.54) is 17.4 Å². The van der Waals surface area contributed by atoms with Crippen molar-refractivity contribution in [1.82, 2.24) is 20.3 Å². The molecule has 2 aliphatic heterocycles. The zero-order valence-corrected chi connectivity index (χ0v) is 17.4. The van der Waals surface area contributed by atoms with Gasteiger partial charge in [0.25, 0.3) is 5.91 Å². The van der Waals surface area contributed by atoms with Gasteiger partial charge in [0, 0.05) is 61.5 Å². The molecule has 150 valence electrons. The van der Waals surface area contributed by atoms with E-state index in [1.807, 2.05) is 24.1 Å². The molecule has 2 amide bonds. The number of nitrogens with one attached hydrogen (secondary N) is 1. The van der Waals surface area contributed by atoms with Gasteiger partial charge < -0.3 is 14.7 Å². The third kappa shape index (κ3) is 3.71. The number of carbonyl (C=O) groups is 2. The predicted octanol–water partition coefficient (Wildman–Crippen LogP) is 2.26. The third-order valence-electron chi connectivity index (χ3n) is 5.70. The maximum atomic E-state index is 13.0. The second-order valence-electron chi connectivity index (χ2n) is 7.75. The Hall–Kier alpha value is -2.19. The van der Waals surface area contributed by atoms with Crippen molar-refractivity contribution in [3.8, 4) is 0 Å². The summed E-state index contributed by atoms with van der Waals surface area (Å²) >= 11 is 1.68. The quantitative estimate of drug-likeness (QED) is 0.849. The summed E-state index contributed by atoms with van der Waals surface area (Å²) in [6.07, 6.45) is 1.70. The maximum absolute atomic E-state index is 13.0. The molecule has 0 spiro atoms. The Balaban J connectivity index is 1.43. The van der Waals surface area contributed by atoms with Gasteiger partial charge in [0.15, 0.2) is 0 Å². The van der Waals surface area contributed by atoms with Crippen LogP contribution in [0.2, 0.25) is 0 Å². The second-order valence-corrected chi connectivity index (χ2v) is 8.72. The lowest BCUT2D eigenvalue weighted by molar-refractivity contribution is -0.119. The summed E-state index contributed by atoms with van der Waals surface area (Å²) in [4.78, 5) is 29.8. The van der Waals surface area contributed by atoms with E-state index in [0.717, 1.165) is 55.1 Å². The number of aromatic nitrogens is 1. The highest BCUT2D eigenvalue weighted by Crippen LogP contribution is 2.31. The molecule has 0 aromatic carbocycles. The molecule has 1 N–H and O–H groups in total. The first-order valence-electron chi connectivity index (χ1n) is 9.72. The zero-order chi connectivity index (χ0) is 19.8. The van der Waals surface area contributed by atoms with Crippen LogP contribution in [0.5, 0.6) is 0 Å². The van der Waals surface area contributed by atoms with Crippen LogP contribution in [0.3, 0.4) is 0 Å². The fraction of sp³-hybridized carbons (Fsp3) is 0.550. The van der Waals surface area contributed by atoms with Crippen molar-refractivity contribution in [2.75, 3.05) is 19.6 Å². The van der Waals surface area contributed by atoms with Crippen LogP contribution in [-0.4, -0.2) is 52.4 Å². The first kappa shape index (κ1) is 19.1. The van der Waals surface area contributed by atoms with E-state index in [-0.39, 0.29) is 17.9 Å². The number of hydrogen-bond acceptors (Lipinski definition) is 6. The SMILES string of the molecule is CC(=O)N[C@H]1CCN(C(=O)c2csc3c2CCN(Cc2c(C)noc2C)C3)C1. The highest BCUT2D eigenvalue weighted by molar-refractivity contribution is 7.10. The van der Waals surface area contributed by atoms with Crippen LogP contribution < -0.4 is 5.32 Å². The number of fused-ring (bicyclic) bond motifs is 1. The number of hydrogen-bond donors (Lipinski definition) is 1. The van der Waals surface area contributed by atoms with Crippen molar-refractivity contribution in [2.45, 2.75) is 52.7 Å². The van der Waals surface area contributed by atoms with Gasteiger partial charge in [-0.15, -0.1) is 11.3 Å². The molecule has 4 rings (SSSR count). The maximum Gasteiger partial charge on any atom is 0.255 e. The summed E-state index contributed by atoms with van der Waals surface area (Å²) in [7, 11) is 0.